The third-order valence-corrected chi connectivity index (χ3v) is 8.27. The number of carbonyl (C=O) groups is 5. The van der Waals surface area contributed by atoms with Crippen LogP contribution < -0.4 is 21.3 Å². The molecule has 1 aliphatic rings. The van der Waals surface area contributed by atoms with Crippen molar-refractivity contribution in [2.24, 2.45) is 11.8 Å². The summed E-state index contributed by atoms with van der Waals surface area (Å²) in [6, 6.07) is 15.0. The van der Waals surface area contributed by atoms with Gasteiger partial charge < -0.3 is 30.7 Å². The molecule has 11 heteroatoms. The van der Waals surface area contributed by atoms with E-state index in [-0.39, 0.29) is 36.9 Å². The van der Waals surface area contributed by atoms with Crippen molar-refractivity contribution in [1.82, 2.24) is 21.3 Å². The maximum absolute atomic E-state index is 14.0. The molecule has 0 radical (unpaired) electrons. The third kappa shape index (κ3) is 13.6. The smallest absolute Gasteiger partial charge is 0.408 e. The lowest BCUT2D eigenvalue weighted by Gasteiger charge is -2.28. The molecule has 11 nitrogen and oxygen atoms in total. The van der Waals surface area contributed by atoms with Crippen molar-refractivity contribution in [1.29, 1.82) is 0 Å². The van der Waals surface area contributed by atoms with Gasteiger partial charge in [-0.25, -0.2) is 4.79 Å². The number of hydrogen-bond donors (Lipinski definition) is 4. The number of Topliss-reactive ketones (excluding diaryl/α,β-unsaturated/α-hetero) is 1. The van der Waals surface area contributed by atoms with Gasteiger partial charge in [0.15, 0.2) is 5.78 Å². The van der Waals surface area contributed by atoms with E-state index >= 15 is 0 Å². The number of rotatable bonds is 18. The number of ether oxygens (including phenoxy) is 2. The van der Waals surface area contributed by atoms with E-state index in [4.69, 9.17) is 9.47 Å². The molecule has 1 fully saturated rings. The van der Waals surface area contributed by atoms with Gasteiger partial charge in [-0.15, -0.1) is 0 Å². The lowest BCUT2D eigenvalue weighted by atomic mass is 9.93. The fourth-order valence-electron chi connectivity index (χ4n) is 5.58. The number of benzene rings is 2. The molecule has 1 heterocycles. The van der Waals surface area contributed by atoms with Crippen LogP contribution >= 0.6 is 0 Å². The van der Waals surface area contributed by atoms with Crippen molar-refractivity contribution in [3.63, 3.8) is 0 Å². The van der Waals surface area contributed by atoms with Crippen molar-refractivity contribution < 1.29 is 33.4 Å². The second-order valence-corrected chi connectivity index (χ2v) is 15.2. The van der Waals surface area contributed by atoms with Gasteiger partial charge in [0.05, 0.1) is 12.6 Å². The molecular formula is C39H56N4O7. The normalized spacial score (nSPS) is 18.0. The van der Waals surface area contributed by atoms with Crippen LogP contribution in [-0.4, -0.2) is 71.6 Å². The molecule has 4 amide bonds. The first-order chi connectivity index (χ1) is 23.5. The van der Waals surface area contributed by atoms with Crippen LogP contribution in [0.4, 0.5) is 4.79 Å². The Kier molecular flexibility index (Phi) is 14.6. The second-order valence-electron chi connectivity index (χ2n) is 15.2. The van der Waals surface area contributed by atoms with Crippen LogP contribution in [-0.2, 0) is 41.5 Å². The average molecular weight is 693 g/mol. The Balaban J connectivity index is 1.83. The molecule has 1 aliphatic heterocycles. The van der Waals surface area contributed by atoms with Crippen molar-refractivity contribution in [3.8, 4) is 0 Å². The van der Waals surface area contributed by atoms with E-state index in [9.17, 15) is 24.0 Å². The standard InChI is InChI=1S/C39H56N4O7/c1-25(2)21-30(33(44)39(8)24-49-39)40-36(47)32(23-28-17-13-10-14-18-28)42-35(46)31(22-26(3)4)41-34(45)29(43-37(48)50-38(5,6)7)20-19-27-15-11-9-12-16-27/h9-18,25-26,29-32H,19-24H2,1-8H3,(H,40,47)(H,41,45)(H,42,46)(H,43,48)/t29-,30?,31+,32-,39+/m0/s1. The quantitative estimate of drug-likeness (QED) is 0.166. The monoisotopic (exact) mass is 692 g/mol. The minimum Gasteiger partial charge on any atom is -0.444 e. The number of ketones is 1. The molecule has 4 N–H and O–H groups in total. The van der Waals surface area contributed by atoms with Gasteiger partial charge in [-0.05, 0) is 76.3 Å². The topological polar surface area (TPSA) is 155 Å². The molecule has 274 valence electrons. The molecule has 5 atom stereocenters. The van der Waals surface area contributed by atoms with E-state index in [1.807, 2.05) is 88.4 Å². The van der Waals surface area contributed by atoms with Crippen LogP contribution in [0.3, 0.4) is 0 Å². The highest BCUT2D eigenvalue weighted by atomic mass is 16.6. The van der Waals surface area contributed by atoms with Gasteiger partial charge in [0, 0.05) is 6.42 Å². The van der Waals surface area contributed by atoms with Crippen LogP contribution in [0.15, 0.2) is 60.7 Å². The summed E-state index contributed by atoms with van der Waals surface area (Å²) in [6.07, 6.45) is 0.867. The molecule has 3 rings (SSSR count). The molecule has 50 heavy (non-hydrogen) atoms. The molecule has 2 aromatic rings. The van der Waals surface area contributed by atoms with Gasteiger partial charge in [-0.3, -0.25) is 19.2 Å². The molecular weight excluding hydrogens is 636 g/mol. The summed E-state index contributed by atoms with van der Waals surface area (Å²) in [5, 5.41) is 11.3. The Morgan fingerprint density at radius 3 is 1.68 bits per heavy atom. The van der Waals surface area contributed by atoms with Crippen molar-refractivity contribution in [3.05, 3.63) is 71.8 Å². The van der Waals surface area contributed by atoms with E-state index in [1.165, 1.54) is 0 Å². The Morgan fingerprint density at radius 2 is 1.16 bits per heavy atom. The fraction of sp³-hybridized carbons (Fsp3) is 0.564. The number of nitrogens with one attached hydrogen (secondary N) is 4. The van der Waals surface area contributed by atoms with Gasteiger partial charge in [-0.1, -0.05) is 88.4 Å². The summed E-state index contributed by atoms with van der Waals surface area (Å²) in [6.45, 7) is 15.0. The molecule has 0 bridgehead atoms. The van der Waals surface area contributed by atoms with Crippen molar-refractivity contribution in [2.75, 3.05) is 6.61 Å². The number of amides is 4. The maximum Gasteiger partial charge on any atom is 0.408 e. The average Bonchev–Trinajstić information content (AvgIpc) is 3.79. The summed E-state index contributed by atoms with van der Waals surface area (Å²) in [4.78, 5) is 67.8. The number of carbonyl (C=O) groups excluding carboxylic acids is 5. The summed E-state index contributed by atoms with van der Waals surface area (Å²) >= 11 is 0. The van der Waals surface area contributed by atoms with E-state index in [0.717, 1.165) is 11.1 Å². The lowest BCUT2D eigenvalue weighted by molar-refractivity contribution is -0.134. The first kappa shape index (κ1) is 40.2. The minimum atomic E-state index is -1.04. The Morgan fingerprint density at radius 1 is 0.700 bits per heavy atom. The minimum absolute atomic E-state index is 0.00126. The summed E-state index contributed by atoms with van der Waals surface area (Å²) < 4.78 is 10.8. The van der Waals surface area contributed by atoms with Crippen molar-refractivity contribution >= 4 is 29.6 Å². The first-order valence-electron chi connectivity index (χ1n) is 17.6. The van der Waals surface area contributed by atoms with Crippen LogP contribution in [0.25, 0.3) is 0 Å². The van der Waals surface area contributed by atoms with E-state index in [2.05, 4.69) is 21.3 Å². The summed E-state index contributed by atoms with van der Waals surface area (Å²) in [5.41, 5.74) is 0.0894. The third-order valence-electron chi connectivity index (χ3n) is 8.27. The van der Waals surface area contributed by atoms with E-state index in [1.54, 1.807) is 27.7 Å². The zero-order chi connectivity index (χ0) is 37.1. The maximum atomic E-state index is 14.0. The summed E-state index contributed by atoms with van der Waals surface area (Å²) in [5.74, 6) is -1.69. The Hall–Kier alpha value is -4.25. The molecule has 1 saturated heterocycles. The van der Waals surface area contributed by atoms with Crippen molar-refractivity contribution in [2.45, 2.75) is 123 Å². The highest BCUT2D eigenvalue weighted by Crippen LogP contribution is 2.29. The molecule has 1 unspecified atom stereocenters. The van der Waals surface area contributed by atoms with Gasteiger partial charge in [0.1, 0.15) is 29.3 Å². The van der Waals surface area contributed by atoms with Gasteiger partial charge >= 0.3 is 6.09 Å². The SMILES string of the molecule is CC(C)CC(NC(=O)[C@H](Cc1ccccc1)NC(=O)[C@@H](CC(C)C)NC(=O)[C@H](CCc1ccccc1)NC(=O)OC(C)(C)C)C(=O)[C@@]1(C)CO1. The van der Waals surface area contributed by atoms with E-state index in [0.29, 0.717) is 19.4 Å². The molecule has 0 aromatic heterocycles. The molecule has 2 aromatic carbocycles. The zero-order valence-electron chi connectivity index (χ0n) is 30.8. The van der Waals surface area contributed by atoms with Crippen LogP contribution in [0.1, 0.15) is 85.8 Å². The predicted octanol–water partition coefficient (Wildman–Crippen LogP) is 4.66. The molecule has 0 spiro atoms. The first-order valence-corrected chi connectivity index (χ1v) is 17.6. The van der Waals surface area contributed by atoms with Crippen LogP contribution in [0, 0.1) is 11.8 Å². The van der Waals surface area contributed by atoms with Gasteiger partial charge in [0.2, 0.25) is 17.7 Å². The van der Waals surface area contributed by atoms with Gasteiger partial charge in [-0.2, -0.15) is 0 Å². The van der Waals surface area contributed by atoms with E-state index < -0.39 is 59.2 Å². The van der Waals surface area contributed by atoms with Crippen LogP contribution in [0.5, 0.6) is 0 Å². The second kappa shape index (κ2) is 18.1. The molecule has 0 saturated carbocycles. The predicted molar refractivity (Wildman–Crippen MR) is 192 cm³/mol. The van der Waals surface area contributed by atoms with Gasteiger partial charge in [0.25, 0.3) is 0 Å². The highest BCUT2D eigenvalue weighted by molar-refractivity contribution is 5.98. The highest BCUT2D eigenvalue weighted by Gasteiger charge is 2.50. The zero-order valence-corrected chi connectivity index (χ0v) is 30.8. The lowest BCUT2D eigenvalue weighted by Crippen LogP contribution is -2.59. The number of aryl methyl sites for hydroxylation is 1. The summed E-state index contributed by atoms with van der Waals surface area (Å²) in [7, 11) is 0. The largest absolute Gasteiger partial charge is 0.444 e. The molecule has 0 aliphatic carbocycles. The number of epoxide rings is 1. The number of alkyl carbamates (subject to hydrolysis) is 1. The number of hydrogen-bond acceptors (Lipinski definition) is 7. The van der Waals surface area contributed by atoms with Crippen LogP contribution in [0.2, 0.25) is 0 Å². The Bertz CT molecular complexity index is 1440. The fourth-order valence-corrected chi connectivity index (χ4v) is 5.58. The Labute approximate surface area is 297 Å².